The lowest BCUT2D eigenvalue weighted by atomic mass is 10.1. The summed E-state index contributed by atoms with van der Waals surface area (Å²) in [7, 11) is 0. The van der Waals surface area contributed by atoms with Crippen LogP contribution < -0.4 is 10.9 Å². The van der Waals surface area contributed by atoms with Crippen molar-refractivity contribution in [2.24, 2.45) is 10.2 Å². The number of unbranched alkanes of at least 4 members (excludes halogenated alkanes) is 8. The van der Waals surface area contributed by atoms with E-state index in [9.17, 15) is 14.7 Å². The third-order valence-electron chi connectivity index (χ3n) is 5.96. The molecule has 38 heavy (non-hydrogen) atoms. The van der Waals surface area contributed by atoms with Crippen LogP contribution in [-0.4, -0.2) is 20.8 Å². The number of carbonyl (C=O) groups is 1. The van der Waals surface area contributed by atoms with Gasteiger partial charge in [-0.05, 0) is 42.8 Å². The van der Waals surface area contributed by atoms with Gasteiger partial charge in [-0.1, -0.05) is 93.1 Å². The van der Waals surface area contributed by atoms with Crippen molar-refractivity contribution in [1.29, 1.82) is 0 Å². The van der Waals surface area contributed by atoms with E-state index in [-0.39, 0.29) is 38.9 Å². The van der Waals surface area contributed by atoms with Crippen LogP contribution in [0.3, 0.4) is 0 Å². The molecule has 3 aromatic rings. The zero-order valence-corrected chi connectivity index (χ0v) is 23.5. The van der Waals surface area contributed by atoms with Gasteiger partial charge in [0.1, 0.15) is 11.4 Å². The van der Waals surface area contributed by atoms with E-state index in [1.165, 1.54) is 62.8 Å². The number of rotatable bonds is 14. The molecule has 1 aromatic heterocycles. The highest BCUT2D eigenvalue weighted by Crippen LogP contribution is 2.33. The van der Waals surface area contributed by atoms with Crippen molar-refractivity contribution in [3.05, 3.63) is 61.8 Å². The quantitative estimate of drug-likeness (QED) is 0.130. The summed E-state index contributed by atoms with van der Waals surface area (Å²) in [6, 6.07) is 8.89. The van der Waals surface area contributed by atoms with Gasteiger partial charge in [-0.25, -0.2) is 4.68 Å². The Morgan fingerprint density at radius 3 is 2.11 bits per heavy atom. The lowest BCUT2D eigenvalue weighted by molar-refractivity contribution is -0.116. The van der Waals surface area contributed by atoms with E-state index in [0.717, 1.165) is 23.9 Å². The number of hydrogen-bond donors (Lipinski definition) is 3. The maximum Gasteiger partial charge on any atom is 0.301 e. The van der Waals surface area contributed by atoms with Gasteiger partial charge in [0.05, 0.1) is 15.7 Å². The summed E-state index contributed by atoms with van der Waals surface area (Å²) in [5.41, 5.74) is -0.162. The smallest absolute Gasteiger partial charge is 0.301 e. The average molecular weight is 581 g/mol. The molecule has 8 nitrogen and oxygen atoms in total. The van der Waals surface area contributed by atoms with Gasteiger partial charge in [0, 0.05) is 11.4 Å². The number of nitrogens with zero attached hydrogens (tertiary/aromatic N) is 3. The van der Waals surface area contributed by atoms with Gasteiger partial charge in [-0.3, -0.25) is 14.7 Å². The molecule has 0 saturated heterocycles. The van der Waals surface area contributed by atoms with Crippen molar-refractivity contribution in [3.63, 3.8) is 0 Å². The largest absolute Gasteiger partial charge is 0.508 e. The van der Waals surface area contributed by atoms with Crippen molar-refractivity contribution >= 4 is 57.9 Å². The van der Waals surface area contributed by atoms with Gasteiger partial charge in [0.2, 0.25) is 5.91 Å². The Morgan fingerprint density at radius 2 is 1.50 bits per heavy atom. The molecule has 2 aromatic carbocycles. The average Bonchev–Trinajstić information content (AvgIpc) is 3.16. The number of carbonyl (C=O) groups excluding carboxylic acids is 1. The fraction of sp³-hybridized carbons (Fsp3) is 0.407. The van der Waals surface area contributed by atoms with Crippen molar-refractivity contribution in [3.8, 4) is 11.4 Å². The van der Waals surface area contributed by atoms with Crippen molar-refractivity contribution in [2.45, 2.75) is 71.1 Å². The Hall–Kier alpha value is -2.81. The molecule has 3 N–H and O–H groups in total. The number of halogens is 3. The summed E-state index contributed by atoms with van der Waals surface area (Å²) in [4.78, 5) is 26.0. The number of phenols is 1. The number of hydrogen-bond acceptors (Lipinski definition) is 5. The number of nitrogens with one attached hydrogen (secondary N) is 2. The predicted molar refractivity (Wildman–Crippen MR) is 154 cm³/mol. The van der Waals surface area contributed by atoms with Crippen LogP contribution >= 0.6 is 34.8 Å². The highest BCUT2D eigenvalue weighted by Gasteiger charge is 2.21. The number of azo groups is 1. The minimum absolute atomic E-state index is 0.0699. The summed E-state index contributed by atoms with van der Waals surface area (Å²) in [6.45, 7) is 2.21. The predicted octanol–water partition coefficient (Wildman–Crippen LogP) is 9.11. The molecule has 0 saturated carbocycles. The minimum Gasteiger partial charge on any atom is -0.508 e. The Labute approximate surface area is 237 Å². The molecule has 1 amide bonds. The maximum absolute atomic E-state index is 13.3. The second-order valence-corrected chi connectivity index (χ2v) is 10.3. The summed E-state index contributed by atoms with van der Waals surface area (Å²) in [5, 5.41) is 23.8. The molecule has 0 spiro atoms. The minimum atomic E-state index is -0.614. The van der Waals surface area contributed by atoms with E-state index < -0.39 is 5.56 Å². The van der Waals surface area contributed by atoms with E-state index >= 15 is 0 Å². The Kier molecular flexibility index (Phi) is 11.7. The Morgan fingerprint density at radius 1 is 0.921 bits per heavy atom. The van der Waals surface area contributed by atoms with Crippen LogP contribution in [0.25, 0.3) is 5.69 Å². The standard InChI is InChI=1S/C27H32Cl3N5O3/c1-2-3-4-5-6-7-8-9-10-11-23(37)31-26-24(33-32-19-12-14-20(36)15-13-19)27(38)35(34-26)25-21(29)16-18(28)17-22(25)30/h12-17,34,36H,2-11H2,1H3,(H,31,37). The van der Waals surface area contributed by atoms with Crippen LogP contribution in [0.2, 0.25) is 15.1 Å². The monoisotopic (exact) mass is 579 g/mol. The fourth-order valence-electron chi connectivity index (χ4n) is 3.94. The van der Waals surface area contributed by atoms with Crippen molar-refractivity contribution in [2.75, 3.05) is 5.32 Å². The molecule has 0 unspecified atom stereocenters. The van der Waals surface area contributed by atoms with Crippen LogP contribution in [0.5, 0.6) is 5.75 Å². The highest BCUT2D eigenvalue weighted by atomic mass is 35.5. The third-order valence-corrected chi connectivity index (χ3v) is 6.75. The topological polar surface area (TPSA) is 112 Å². The van der Waals surface area contributed by atoms with Crippen LogP contribution in [0, 0.1) is 0 Å². The molecule has 0 radical (unpaired) electrons. The van der Waals surface area contributed by atoms with Gasteiger partial charge in [-0.2, -0.15) is 5.11 Å². The number of H-pyrrole nitrogens is 1. The zero-order valence-electron chi connectivity index (χ0n) is 21.3. The molecule has 3 rings (SSSR count). The SMILES string of the molecule is CCCCCCCCCCCC(=O)Nc1[nH]n(-c2c(Cl)cc(Cl)cc2Cl)c(=O)c1N=Nc1ccc(O)cc1. The first kappa shape index (κ1) is 29.7. The van der Waals surface area contributed by atoms with E-state index in [0.29, 0.717) is 17.1 Å². The molecule has 204 valence electrons. The normalized spacial score (nSPS) is 11.4. The molecule has 0 bridgehead atoms. The van der Waals surface area contributed by atoms with E-state index in [2.05, 4.69) is 27.6 Å². The second kappa shape index (κ2) is 15.0. The van der Waals surface area contributed by atoms with Crippen LogP contribution in [-0.2, 0) is 4.79 Å². The summed E-state index contributed by atoms with van der Waals surface area (Å²) in [6.07, 6.45) is 10.6. The lowest BCUT2D eigenvalue weighted by Gasteiger charge is -2.08. The molecule has 0 atom stereocenters. The second-order valence-electron chi connectivity index (χ2n) is 9.04. The molecular formula is C27H32Cl3N5O3. The van der Waals surface area contributed by atoms with E-state index in [4.69, 9.17) is 34.8 Å². The summed E-state index contributed by atoms with van der Waals surface area (Å²) < 4.78 is 1.10. The van der Waals surface area contributed by atoms with Gasteiger partial charge in [0.15, 0.2) is 11.5 Å². The van der Waals surface area contributed by atoms with Crippen molar-refractivity contribution in [1.82, 2.24) is 9.78 Å². The molecule has 0 fully saturated rings. The number of aromatic amines is 1. The van der Waals surface area contributed by atoms with Gasteiger partial charge >= 0.3 is 5.56 Å². The first-order valence-electron chi connectivity index (χ1n) is 12.8. The van der Waals surface area contributed by atoms with E-state index in [1.54, 1.807) is 12.1 Å². The van der Waals surface area contributed by atoms with Crippen LogP contribution in [0.15, 0.2) is 51.4 Å². The Balaban J connectivity index is 1.74. The molecule has 11 heteroatoms. The number of anilines is 1. The number of aromatic hydroxyl groups is 1. The van der Waals surface area contributed by atoms with Crippen LogP contribution in [0.4, 0.5) is 17.2 Å². The van der Waals surface area contributed by atoms with Gasteiger partial charge in [0.25, 0.3) is 0 Å². The van der Waals surface area contributed by atoms with E-state index in [1.807, 2.05) is 0 Å². The zero-order chi connectivity index (χ0) is 27.5. The molecule has 1 heterocycles. The van der Waals surface area contributed by atoms with Crippen molar-refractivity contribution < 1.29 is 9.90 Å². The lowest BCUT2D eigenvalue weighted by Crippen LogP contribution is -2.15. The number of aromatic nitrogens is 2. The Bertz CT molecular complexity index is 1280. The third kappa shape index (κ3) is 8.61. The molecule has 0 aliphatic carbocycles. The fourth-order valence-corrected chi connectivity index (χ4v) is 4.93. The molecule has 0 aliphatic heterocycles. The number of amides is 1. The molecular weight excluding hydrogens is 549 g/mol. The van der Waals surface area contributed by atoms with Crippen LogP contribution in [0.1, 0.15) is 71.1 Å². The first-order chi connectivity index (χ1) is 18.3. The maximum atomic E-state index is 13.3. The number of phenolic OH excluding ortho intramolecular Hbond substituents is 1. The molecule has 0 aliphatic rings. The van der Waals surface area contributed by atoms with Gasteiger partial charge < -0.3 is 10.4 Å². The highest BCUT2D eigenvalue weighted by molar-refractivity contribution is 6.40. The summed E-state index contributed by atoms with van der Waals surface area (Å²) in [5.74, 6) is -0.110. The van der Waals surface area contributed by atoms with Gasteiger partial charge in [-0.15, -0.1) is 5.11 Å². The summed E-state index contributed by atoms with van der Waals surface area (Å²) >= 11 is 18.7. The first-order valence-corrected chi connectivity index (χ1v) is 13.9. The number of benzene rings is 2.